The summed E-state index contributed by atoms with van der Waals surface area (Å²) in [5.41, 5.74) is 3.94. The largest absolute Gasteiger partial charge is 0.337 e. The zero-order chi connectivity index (χ0) is 24.8. The van der Waals surface area contributed by atoms with Gasteiger partial charge in [-0.05, 0) is 55.4 Å². The lowest BCUT2D eigenvalue weighted by atomic mass is 10.0. The van der Waals surface area contributed by atoms with Crippen molar-refractivity contribution >= 4 is 10.0 Å². The Labute approximate surface area is 207 Å². The van der Waals surface area contributed by atoms with E-state index in [2.05, 4.69) is 22.2 Å². The van der Waals surface area contributed by atoms with Gasteiger partial charge in [0.05, 0.1) is 17.8 Å². The van der Waals surface area contributed by atoms with Crippen molar-refractivity contribution in [3.63, 3.8) is 0 Å². The van der Waals surface area contributed by atoms with Crippen LogP contribution in [0.25, 0.3) is 11.3 Å². The van der Waals surface area contributed by atoms with Crippen LogP contribution in [0.15, 0.2) is 53.8 Å². The molecule has 0 amide bonds. The number of aromatic nitrogens is 4. The highest BCUT2D eigenvalue weighted by atomic mass is 32.2. The normalized spacial score (nSPS) is 15.6. The van der Waals surface area contributed by atoms with Crippen molar-refractivity contribution in [1.29, 1.82) is 0 Å². The first-order valence-electron chi connectivity index (χ1n) is 12.6. The first-order valence-corrected chi connectivity index (χ1v) is 14.2. The third-order valence-corrected chi connectivity index (χ3v) is 8.59. The number of aryl methyl sites for hydroxylation is 2. The maximum Gasteiger partial charge on any atom is 0.266 e. The van der Waals surface area contributed by atoms with E-state index in [1.54, 1.807) is 29.0 Å². The predicted molar refractivity (Wildman–Crippen MR) is 138 cm³/mol. The molecule has 0 N–H and O–H groups in total. The molecule has 1 aliphatic rings. The van der Waals surface area contributed by atoms with Gasteiger partial charge in [-0.3, -0.25) is 4.79 Å². The smallest absolute Gasteiger partial charge is 0.266 e. The molecule has 0 saturated carbocycles. The Morgan fingerprint density at radius 2 is 1.86 bits per heavy atom. The molecule has 2 aromatic heterocycles. The van der Waals surface area contributed by atoms with E-state index in [1.807, 2.05) is 30.7 Å². The molecule has 0 bridgehead atoms. The first kappa shape index (κ1) is 25.3. The van der Waals surface area contributed by atoms with Crippen LogP contribution < -0.4 is 5.56 Å². The molecular formula is C26H35N5O3S. The lowest BCUT2D eigenvalue weighted by Gasteiger charge is -2.27. The molecule has 1 atom stereocenters. The molecule has 0 spiro atoms. The highest BCUT2D eigenvalue weighted by Crippen LogP contribution is 2.31. The number of benzene rings is 1. The Morgan fingerprint density at radius 3 is 2.60 bits per heavy atom. The van der Waals surface area contributed by atoms with Crippen molar-refractivity contribution in [2.45, 2.75) is 71.5 Å². The first-order chi connectivity index (χ1) is 16.9. The van der Waals surface area contributed by atoms with Crippen molar-refractivity contribution in [3.8, 4) is 11.3 Å². The maximum absolute atomic E-state index is 13.0. The monoisotopic (exact) mass is 497 g/mol. The van der Waals surface area contributed by atoms with E-state index in [1.165, 1.54) is 15.8 Å². The summed E-state index contributed by atoms with van der Waals surface area (Å²) in [5.74, 6) is 0.216. The number of rotatable bonds is 12. The molecule has 3 aromatic rings. The maximum atomic E-state index is 13.0. The standard InChI is InChI=1S/C26H35N5O3S/c1-3-5-16-35(33,34)31(12-4-2)24-18-21-7-8-22(17-23(21)19-24)25-9-10-26(32)30(28-25)14-6-13-29-15-11-27-20-29/h7-11,15,17,20,24H,3-6,12-14,16,18-19H2,1-2H3. The Balaban J connectivity index is 1.49. The van der Waals surface area contributed by atoms with Gasteiger partial charge in [0.15, 0.2) is 0 Å². The average Bonchev–Trinajstić information content (AvgIpc) is 3.51. The quantitative estimate of drug-likeness (QED) is 0.382. The molecule has 0 saturated heterocycles. The summed E-state index contributed by atoms with van der Waals surface area (Å²) in [4.78, 5) is 16.4. The molecule has 8 nitrogen and oxygen atoms in total. The topological polar surface area (TPSA) is 90.1 Å². The van der Waals surface area contributed by atoms with Gasteiger partial charge in [0.2, 0.25) is 10.0 Å². The SMILES string of the molecule is CCCCS(=O)(=O)N(CCC)C1Cc2ccc(-c3ccc(=O)n(CCCn4ccnc4)n3)cc2C1. The molecule has 4 rings (SSSR count). The van der Waals surface area contributed by atoms with E-state index in [0.717, 1.165) is 43.5 Å². The number of sulfonamides is 1. The summed E-state index contributed by atoms with van der Waals surface area (Å²) in [5, 5.41) is 4.62. The molecule has 0 aliphatic heterocycles. The average molecular weight is 498 g/mol. The molecule has 0 radical (unpaired) electrons. The number of unbranched alkanes of at least 4 members (excludes halogenated alkanes) is 1. The second-order valence-corrected chi connectivity index (χ2v) is 11.3. The van der Waals surface area contributed by atoms with E-state index in [0.29, 0.717) is 25.9 Å². The summed E-state index contributed by atoms with van der Waals surface area (Å²) in [6, 6.07) is 9.52. The van der Waals surface area contributed by atoms with E-state index >= 15 is 0 Å². The molecule has 1 aliphatic carbocycles. The zero-order valence-electron chi connectivity index (χ0n) is 20.6. The minimum absolute atomic E-state index is 0.0351. The second-order valence-electron chi connectivity index (χ2n) is 9.26. The van der Waals surface area contributed by atoms with E-state index in [-0.39, 0.29) is 17.4 Å². The minimum Gasteiger partial charge on any atom is -0.337 e. The molecule has 0 fully saturated rings. The van der Waals surface area contributed by atoms with Crippen molar-refractivity contribution in [1.82, 2.24) is 23.6 Å². The predicted octanol–water partition coefficient (Wildman–Crippen LogP) is 3.51. The van der Waals surface area contributed by atoms with E-state index < -0.39 is 10.0 Å². The lowest BCUT2D eigenvalue weighted by molar-refractivity contribution is 0.326. The fourth-order valence-electron chi connectivity index (χ4n) is 4.76. The van der Waals surface area contributed by atoms with Crippen LogP contribution in [-0.2, 0) is 36.0 Å². The molecule has 1 aromatic carbocycles. The molecule has 188 valence electrons. The van der Waals surface area contributed by atoms with Crippen LogP contribution in [0.3, 0.4) is 0 Å². The van der Waals surface area contributed by atoms with Gasteiger partial charge in [0.25, 0.3) is 5.56 Å². The summed E-state index contributed by atoms with van der Waals surface area (Å²) in [6.07, 6.45) is 9.99. The highest BCUT2D eigenvalue weighted by Gasteiger charge is 2.33. The lowest BCUT2D eigenvalue weighted by Crippen LogP contribution is -2.42. The minimum atomic E-state index is -3.27. The van der Waals surface area contributed by atoms with Gasteiger partial charge in [-0.25, -0.2) is 18.1 Å². The number of nitrogens with zero attached hydrogens (tertiary/aromatic N) is 5. The fraction of sp³-hybridized carbons (Fsp3) is 0.500. The van der Waals surface area contributed by atoms with Crippen LogP contribution in [0.2, 0.25) is 0 Å². The van der Waals surface area contributed by atoms with E-state index in [9.17, 15) is 13.2 Å². The summed E-state index contributed by atoms with van der Waals surface area (Å²) < 4.78 is 31.3. The molecule has 35 heavy (non-hydrogen) atoms. The molecule has 2 heterocycles. The summed E-state index contributed by atoms with van der Waals surface area (Å²) in [6.45, 7) is 5.90. The highest BCUT2D eigenvalue weighted by molar-refractivity contribution is 7.89. The van der Waals surface area contributed by atoms with Crippen LogP contribution >= 0.6 is 0 Å². The Morgan fingerprint density at radius 1 is 1.03 bits per heavy atom. The number of fused-ring (bicyclic) bond motifs is 1. The Bertz CT molecular complexity index is 1280. The number of hydrogen-bond donors (Lipinski definition) is 0. The fourth-order valence-corrected chi connectivity index (χ4v) is 6.71. The van der Waals surface area contributed by atoms with Crippen molar-refractivity contribution in [2.24, 2.45) is 0 Å². The Hall–Kier alpha value is -2.78. The number of hydrogen-bond acceptors (Lipinski definition) is 5. The second kappa shape index (κ2) is 11.3. The van der Waals surface area contributed by atoms with Gasteiger partial charge < -0.3 is 4.57 Å². The van der Waals surface area contributed by atoms with Crippen molar-refractivity contribution in [2.75, 3.05) is 12.3 Å². The summed E-state index contributed by atoms with van der Waals surface area (Å²) >= 11 is 0. The third kappa shape index (κ3) is 6.08. The zero-order valence-corrected chi connectivity index (χ0v) is 21.5. The van der Waals surface area contributed by atoms with E-state index in [4.69, 9.17) is 0 Å². The van der Waals surface area contributed by atoms with Crippen molar-refractivity contribution in [3.05, 3.63) is 70.5 Å². The van der Waals surface area contributed by atoms with Crippen LogP contribution in [0, 0.1) is 0 Å². The van der Waals surface area contributed by atoms with Gasteiger partial charge in [-0.15, -0.1) is 0 Å². The van der Waals surface area contributed by atoms with Crippen molar-refractivity contribution < 1.29 is 8.42 Å². The van der Waals surface area contributed by atoms with Crippen LogP contribution in [-0.4, -0.2) is 50.4 Å². The van der Waals surface area contributed by atoms with Gasteiger partial charge >= 0.3 is 0 Å². The molecular weight excluding hydrogens is 462 g/mol. The van der Waals surface area contributed by atoms with Gasteiger partial charge in [-0.1, -0.05) is 32.4 Å². The van der Waals surface area contributed by atoms with Crippen LogP contribution in [0.4, 0.5) is 0 Å². The number of imidazole rings is 1. The molecule has 1 unspecified atom stereocenters. The Kier molecular flexibility index (Phi) is 8.18. The third-order valence-electron chi connectivity index (χ3n) is 6.59. The van der Waals surface area contributed by atoms with Gasteiger partial charge in [0, 0.05) is 49.7 Å². The van der Waals surface area contributed by atoms with Gasteiger partial charge in [0.1, 0.15) is 0 Å². The van der Waals surface area contributed by atoms with Crippen LogP contribution in [0.5, 0.6) is 0 Å². The summed E-state index contributed by atoms with van der Waals surface area (Å²) in [7, 11) is -3.27. The van der Waals surface area contributed by atoms with Gasteiger partial charge in [-0.2, -0.15) is 9.40 Å². The molecule has 9 heteroatoms. The van der Waals surface area contributed by atoms with Crippen LogP contribution in [0.1, 0.15) is 50.7 Å².